The van der Waals surface area contributed by atoms with Crippen molar-refractivity contribution in [3.05, 3.63) is 0 Å². The molecule has 0 aromatic rings. The third-order valence-corrected chi connectivity index (χ3v) is 10.7. The molecule has 32 heavy (non-hydrogen) atoms. The second kappa shape index (κ2) is 8.43. The molecule has 10 atom stereocenters. The van der Waals surface area contributed by atoms with Crippen LogP contribution in [0.2, 0.25) is 0 Å². The summed E-state index contributed by atoms with van der Waals surface area (Å²) >= 11 is 0. The number of carboxylic acid groups (broad SMARTS) is 1. The summed E-state index contributed by atoms with van der Waals surface area (Å²) in [6, 6.07) is 0. The van der Waals surface area contributed by atoms with Crippen LogP contribution < -0.4 is 0 Å². The Morgan fingerprint density at radius 3 is 2.34 bits per heavy atom. The van der Waals surface area contributed by atoms with Gasteiger partial charge >= 0.3 is 11.9 Å². The fourth-order valence-electron chi connectivity index (χ4n) is 9.35. The maximum absolute atomic E-state index is 14.1. The molecule has 0 spiro atoms. The Morgan fingerprint density at radius 2 is 1.72 bits per heavy atom. The molecule has 4 saturated carbocycles. The number of carbonyl (C=O) groups excluding carboxylic acids is 2. The lowest BCUT2D eigenvalue weighted by Crippen LogP contribution is -2.60. The Bertz CT molecular complexity index is 776. The van der Waals surface area contributed by atoms with E-state index in [1.54, 1.807) is 0 Å². The Balaban J connectivity index is 1.63. The fraction of sp³-hybridized carbons (Fsp3) is 0.889. The van der Waals surface area contributed by atoms with Gasteiger partial charge in [-0.05, 0) is 91.8 Å². The van der Waals surface area contributed by atoms with Crippen LogP contribution in [0.3, 0.4) is 0 Å². The zero-order valence-electron chi connectivity index (χ0n) is 20.6. The molecule has 0 radical (unpaired) electrons. The lowest BCUT2D eigenvalue weighted by atomic mass is 9.42. The van der Waals surface area contributed by atoms with E-state index in [1.165, 1.54) is 6.92 Å². The summed E-state index contributed by atoms with van der Waals surface area (Å²) in [6.45, 7) is 10.5. The molecule has 0 aromatic carbocycles. The van der Waals surface area contributed by atoms with Gasteiger partial charge in [-0.3, -0.25) is 14.4 Å². The van der Waals surface area contributed by atoms with E-state index in [1.807, 2.05) is 0 Å². The molecule has 0 heterocycles. The van der Waals surface area contributed by atoms with Gasteiger partial charge in [0.2, 0.25) is 0 Å². The molecule has 5 nitrogen and oxygen atoms in total. The number of rotatable bonds is 5. The summed E-state index contributed by atoms with van der Waals surface area (Å²) < 4.78 is 5.61. The zero-order chi connectivity index (χ0) is 23.4. The Labute approximate surface area is 193 Å². The van der Waals surface area contributed by atoms with Gasteiger partial charge in [-0.15, -0.1) is 0 Å². The van der Waals surface area contributed by atoms with Gasteiger partial charge in [0.15, 0.2) is 0 Å². The van der Waals surface area contributed by atoms with Crippen molar-refractivity contribution in [1.29, 1.82) is 0 Å². The van der Waals surface area contributed by atoms with Gasteiger partial charge in [-0.2, -0.15) is 0 Å². The van der Waals surface area contributed by atoms with Crippen LogP contribution in [0.4, 0.5) is 0 Å². The predicted octanol–water partition coefficient (Wildman–Crippen LogP) is 5.50. The van der Waals surface area contributed by atoms with Crippen molar-refractivity contribution >= 4 is 17.7 Å². The average Bonchev–Trinajstić information content (AvgIpc) is 3.05. The molecular weight excluding hydrogens is 404 g/mol. The molecule has 0 amide bonds. The lowest BCUT2D eigenvalue weighted by molar-refractivity contribution is -0.178. The van der Waals surface area contributed by atoms with E-state index >= 15 is 0 Å². The molecule has 0 bridgehead atoms. The van der Waals surface area contributed by atoms with Crippen molar-refractivity contribution in [2.45, 2.75) is 98.5 Å². The molecule has 4 aliphatic carbocycles. The number of hydrogen-bond donors (Lipinski definition) is 1. The molecule has 0 aliphatic heterocycles. The highest BCUT2D eigenvalue weighted by Gasteiger charge is 2.65. The first-order valence-electron chi connectivity index (χ1n) is 13.0. The number of hydrogen-bond acceptors (Lipinski definition) is 4. The van der Waals surface area contributed by atoms with Crippen LogP contribution in [-0.4, -0.2) is 28.9 Å². The van der Waals surface area contributed by atoms with E-state index in [0.29, 0.717) is 29.5 Å². The summed E-state index contributed by atoms with van der Waals surface area (Å²) in [5.74, 6) is 1.35. The van der Waals surface area contributed by atoms with Crippen LogP contribution >= 0.6 is 0 Å². The first-order valence-corrected chi connectivity index (χ1v) is 13.0. The number of esters is 1. The highest BCUT2D eigenvalue weighted by atomic mass is 16.5. The van der Waals surface area contributed by atoms with E-state index < -0.39 is 5.97 Å². The number of ketones is 1. The van der Waals surface area contributed by atoms with Crippen molar-refractivity contribution in [2.24, 2.45) is 52.3 Å². The first-order chi connectivity index (χ1) is 15.0. The number of aliphatic carboxylic acids is 1. The van der Waals surface area contributed by atoms with Crippen LogP contribution in [0.25, 0.3) is 0 Å². The Hall–Kier alpha value is -1.39. The first kappa shape index (κ1) is 23.8. The van der Waals surface area contributed by atoms with Crippen LogP contribution in [-0.2, 0) is 19.1 Å². The second-order valence-corrected chi connectivity index (χ2v) is 12.1. The number of carbonyl (C=O) groups is 3. The van der Waals surface area contributed by atoms with Gasteiger partial charge in [0, 0.05) is 25.2 Å². The van der Waals surface area contributed by atoms with E-state index in [4.69, 9.17) is 4.74 Å². The number of Topliss-reactive ketones (excluding diaryl/α,β-unsaturated/α-hetero) is 1. The van der Waals surface area contributed by atoms with Crippen LogP contribution in [0, 0.1) is 52.3 Å². The van der Waals surface area contributed by atoms with E-state index in [9.17, 15) is 19.5 Å². The average molecular weight is 447 g/mol. The number of carboxylic acids is 1. The topological polar surface area (TPSA) is 80.7 Å². The number of fused-ring (bicyclic) bond motifs is 5. The summed E-state index contributed by atoms with van der Waals surface area (Å²) in [6.07, 6.45) is 8.08. The minimum atomic E-state index is -0.710. The molecule has 4 aliphatic rings. The summed E-state index contributed by atoms with van der Waals surface area (Å²) in [4.78, 5) is 37.0. The van der Waals surface area contributed by atoms with Crippen LogP contribution in [0.5, 0.6) is 0 Å². The van der Waals surface area contributed by atoms with Gasteiger partial charge in [0.05, 0.1) is 0 Å². The van der Waals surface area contributed by atoms with Crippen LogP contribution in [0.1, 0.15) is 92.4 Å². The van der Waals surface area contributed by atoms with Crippen LogP contribution in [0.15, 0.2) is 0 Å². The summed E-state index contributed by atoms with van der Waals surface area (Å²) in [5.41, 5.74) is 0.199. The van der Waals surface area contributed by atoms with Gasteiger partial charge < -0.3 is 9.84 Å². The quantitative estimate of drug-likeness (QED) is 0.564. The largest absolute Gasteiger partial charge is 0.481 e. The third kappa shape index (κ3) is 3.62. The second-order valence-electron chi connectivity index (χ2n) is 12.1. The van der Waals surface area contributed by atoms with Crippen molar-refractivity contribution in [3.8, 4) is 0 Å². The maximum Gasteiger partial charge on any atom is 0.303 e. The predicted molar refractivity (Wildman–Crippen MR) is 122 cm³/mol. The normalized spacial score (nSPS) is 46.5. The van der Waals surface area contributed by atoms with E-state index in [-0.39, 0.29) is 47.1 Å². The minimum absolute atomic E-state index is 0.0504. The third-order valence-electron chi connectivity index (χ3n) is 10.7. The monoisotopic (exact) mass is 446 g/mol. The molecule has 180 valence electrons. The molecule has 0 saturated heterocycles. The maximum atomic E-state index is 14.1. The van der Waals surface area contributed by atoms with Gasteiger partial charge in [-0.1, -0.05) is 27.7 Å². The summed E-state index contributed by atoms with van der Waals surface area (Å²) in [7, 11) is 0. The highest BCUT2D eigenvalue weighted by molar-refractivity contribution is 5.86. The fourth-order valence-corrected chi connectivity index (χ4v) is 9.35. The van der Waals surface area contributed by atoms with Crippen molar-refractivity contribution in [1.82, 2.24) is 0 Å². The van der Waals surface area contributed by atoms with Gasteiger partial charge in [-0.25, -0.2) is 0 Å². The zero-order valence-corrected chi connectivity index (χ0v) is 20.6. The molecule has 5 heteroatoms. The van der Waals surface area contributed by atoms with Crippen molar-refractivity contribution in [2.75, 3.05) is 0 Å². The van der Waals surface area contributed by atoms with E-state index in [0.717, 1.165) is 51.4 Å². The molecule has 4 fully saturated rings. The Kier molecular flexibility index (Phi) is 6.26. The van der Waals surface area contributed by atoms with Crippen molar-refractivity contribution in [3.63, 3.8) is 0 Å². The highest BCUT2D eigenvalue weighted by Crippen LogP contribution is 2.68. The molecule has 1 N–H and O–H groups in total. The number of ether oxygens (including phenoxy) is 1. The lowest BCUT2D eigenvalue weighted by Gasteiger charge is -2.62. The van der Waals surface area contributed by atoms with Crippen molar-refractivity contribution < 1.29 is 24.2 Å². The molecule has 0 aromatic heterocycles. The standard InChI is InChI=1S/C27H42O5/c1-6-18-22-14-17(32-16(3)28)9-11-27(22,5)21-10-12-26(4)19(15(2)13-23(29)30)7-8-20(26)24(21)25(18)31/h15,17-22,24H,6-14H2,1-5H3,(H,29,30)/t15-,17-,18-,19-,20?,21?,22+,24+,26-,27-/m1/s1. The smallest absolute Gasteiger partial charge is 0.303 e. The van der Waals surface area contributed by atoms with E-state index in [2.05, 4.69) is 27.7 Å². The Morgan fingerprint density at radius 1 is 1.06 bits per heavy atom. The molecular formula is C27H42O5. The summed E-state index contributed by atoms with van der Waals surface area (Å²) in [5, 5.41) is 9.37. The molecule has 2 unspecified atom stereocenters. The van der Waals surface area contributed by atoms with Gasteiger partial charge in [0.25, 0.3) is 0 Å². The van der Waals surface area contributed by atoms with Gasteiger partial charge in [0.1, 0.15) is 11.9 Å². The minimum Gasteiger partial charge on any atom is -0.481 e. The molecule has 4 rings (SSSR count). The SMILES string of the molecule is CC[C@H]1C(=O)[C@H]2C3CC[C@H]([C@H](C)CC(=O)O)[C@@]3(C)CCC2[C@@]2(C)CC[C@@H](OC(C)=O)C[C@@H]12.